The number of hydrogen-bond acceptors (Lipinski definition) is 3. The second kappa shape index (κ2) is 4.97. The fourth-order valence-corrected chi connectivity index (χ4v) is 2.23. The molecule has 1 aromatic carbocycles. The highest BCUT2D eigenvalue weighted by Crippen LogP contribution is 2.18. The molecule has 0 aliphatic heterocycles. The summed E-state index contributed by atoms with van der Waals surface area (Å²) in [5.74, 6) is -1.32. The molecule has 0 saturated carbocycles. The van der Waals surface area contributed by atoms with Crippen LogP contribution in [0.15, 0.2) is 33.7 Å². The topological polar surface area (TPSA) is 72.2 Å². The van der Waals surface area contributed by atoms with E-state index in [2.05, 4.69) is 21.0 Å². The highest BCUT2D eigenvalue weighted by atomic mass is 79.9. The Morgan fingerprint density at radius 1 is 1.32 bits per heavy atom. The van der Waals surface area contributed by atoms with Gasteiger partial charge in [-0.2, -0.15) is 5.10 Å². The molecule has 1 aromatic heterocycles. The van der Waals surface area contributed by atoms with Gasteiger partial charge in [-0.15, -0.1) is 0 Å². The van der Waals surface area contributed by atoms with Crippen molar-refractivity contribution in [2.75, 3.05) is 0 Å². The van der Waals surface area contributed by atoms with E-state index in [9.17, 15) is 9.59 Å². The van der Waals surface area contributed by atoms with Gasteiger partial charge in [0, 0.05) is 16.2 Å². The standard InChI is InChI=1S/C13H11BrN2O3/c1-7-5-9(14)3-4-10(7)16-6-8(2)12(17)11(15-16)13(18)19/h3-6H,1-2H3,(H,18,19). The number of carbonyl (C=O) groups is 1. The second-order valence-corrected chi connectivity index (χ2v) is 5.09. The molecule has 0 amide bonds. The molecule has 1 N–H and O–H groups in total. The number of halogens is 1. The third kappa shape index (κ3) is 2.58. The summed E-state index contributed by atoms with van der Waals surface area (Å²) in [5.41, 5.74) is 0.964. The first-order chi connectivity index (χ1) is 8.90. The summed E-state index contributed by atoms with van der Waals surface area (Å²) in [7, 11) is 0. The molecule has 0 aliphatic rings. The highest BCUT2D eigenvalue weighted by Gasteiger charge is 2.14. The van der Waals surface area contributed by atoms with E-state index >= 15 is 0 Å². The van der Waals surface area contributed by atoms with Gasteiger partial charge in [0.2, 0.25) is 11.1 Å². The van der Waals surface area contributed by atoms with E-state index in [0.717, 1.165) is 15.7 Å². The molecule has 0 bridgehead atoms. The number of benzene rings is 1. The van der Waals surface area contributed by atoms with Crippen LogP contribution in [0.3, 0.4) is 0 Å². The Morgan fingerprint density at radius 2 is 2.00 bits per heavy atom. The average Bonchev–Trinajstić information content (AvgIpc) is 2.32. The van der Waals surface area contributed by atoms with E-state index in [1.165, 1.54) is 10.9 Å². The van der Waals surface area contributed by atoms with E-state index in [1.54, 1.807) is 6.92 Å². The third-order valence-electron chi connectivity index (χ3n) is 2.71. The van der Waals surface area contributed by atoms with Crippen LogP contribution >= 0.6 is 15.9 Å². The highest BCUT2D eigenvalue weighted by molar-refractivity contribution is 9.10. The van der Waals surface area contributed by atoms with Crippen molar-refractivity contribution in [1.29, 1.82) is 0 Å². The largest absolute Gasteiger partial charge is 0.476 e. The number of rotatable bonds is 2. The molecule has 0 unspecified atom stereocenters. The van der Waals surface area contributed by atoms with Gasteiger partial charge < -0.3 is 5.11 Å². The number of aromatic carboxylic acids is 1. The van der Waals surface area contributed by atoms with Crippen LogP contribution in [0.1, 0.15) is 21.6 Å². The summed E-state index contributed by atoms with van der Waals surface area (Å²) in [6.45, 7) is 3.46. The Hall–Kier alpha value is -1.95. The summed E-state index contributed by atoms with van der Waals surface area (Å²) in [5, 5.41) is 12.9. The number of aryl methyl sites for hydroxylation is 2. The molecule has 5 nitrogen and oxygen atoms in total. The first-order valence-corrected chi connectivity index (χ1v) is 6.30. The lowest BCUT2D eigenvalue weighted by Crippen LogP contribution is -2.23. The molecular formula is C13H11BrN2O3. The van der Waals surface area contributed by atoms with Crippen LogP contribution < -0.4 is 5.43 Å². The molecule has 6 heteroatoms. The number of carboxylic acids is 1. The Kier molecular flexibility index (Phi) is 3.53. The Bertz CT molecular complexity index is 722. The molecule has 0 radical (unpaired) electrons. The minimum Gasteiger partial charge on any atom is -0.476 e. The van der Waals surface area contributed by atoms with Crippen molar-refractivity contribution in [3.05, 3.63) is 55.9 Å². The van der Waals surface area contributed by atoms with Crippen LogP contribution in [-0.2, 0) is 0 Å². The predicted octanol–water partition coefficient (Wildman–Crippen LogP) is 2.31. The van der Waals surface area contributed by atoms with Crippen molar-refractivity contribution in [2.45, 2.75) is 13.8 Å². The van der Waals surface area contributed by atoms with Crippen LogP contribution in [-0.4, -0.2) is 20.9 Å². The molecule has 98 valence electrons. The lowest BCUT2D eigenvalue weighted by atomic mass is 10.2. The molecule has 1 heterocycles. The van der Waals surface area contributed by atoms with Gasteiger partial charge in [0.25, 0.3) is 0 Å². The summed E-state index contributed by atoms with van der Waals surface area (Å²) < 4.78 is 2.34. The van der Waals surface area contributed by atoms with Crippen LogP contribution in [0.5, 0.6) is 0 Å². The van der Waals surface area contributed by atoms with Crippen molar-refractivity contribution < 1.29 is 9.90 Å². The SMILES string of the molecule is Cc1cc(Br)ccc1-n1cc(C)c(=O)c(C(=O)O)n1. The monoisotopic (exact) mass is 322 g/mol. The lowest BCUT2D eigenvalue weighted by molar-refractivity contribution is 0.0686. The van der Waals surface area contributed by atoms with E-state index in [0.29, 0.717) is 5.56 Å². The predicted molar refractivity (Wildman–Crippen MR) is 74.0 cm³/mol. The summed E-state index contributed by atoms with van der Waals surface area (Å²) in [6.07, 6.45) is 1.53. The number of nitrogens with zero attached hydrogens (tertiary/aromatic N) is 2. The van der Waals surface area contributed by atoms with Gasteiger partial charge in [0.15, 0.2) is 0 Å². The van der Waals surface area contributed by atoms with Gasteiger partial charge >= 0.3 is 5.97 Å². The maximum atomic E-state index is 11.7. The second-order valence-electron chi connectivity index (χ2n) is 4.17. The molecule has 19 heavy (non-hydrogen) atoms. The molecule has 0 fully saturated rings. The van der Waals surface area contributed by atoms with Gasteiger partial charge in [-0.3, -0.25) is 4.79 Å². The molecule has 0 saturated heterocycles. The smallest absolute Gasteiger partial charge is 0.360 e. The molecule has 2 rings (SSSR count). The molecule has 0 aliphatic carbocycles. The lowest BCUT2D eigenvalue weighted by Gasteiger charge is -2.10. The van der Waals surface area contributed by atoms with Crippen LogP contribution in [0.4, 0.5) is 0 Å². The Labute approximate surface area is 117 Å². The summed E-state index contributed by atoms with van der Waals surface area (Å²) in [6, 6.07) is 5.53. The Morgan fingerprint density at radius 3 is 2.58 bits per heavy atom. The Balaban J connectivity index is 2.70. The zero-order chi connectivity index (χ0) is 14.2. The van der Waals surface area contributed by atoms with Crippen LogP contribution in [0.2, 0.25) is 0 Å². The van der Waals surface area contributed by atoms with Crippen molar-refractivity contribution >= 4 is 21.9 Å². The van der Waals surface area contributed by atoms with Crippen LogP contribution in [0, 0.1) is 13.8 Å². The van der Waals surface area contributed by atoms with Gasteiger partial charge in [-0.1, -0.05) is 15.9 Å². The zero-order valence-electron chi connectivity index (χ0n) is 10.3. The summed E-state index contributed by atoms with van der Waals surface area (Å²) in [4.78, 5) is 22.7. The number of carboxylic acid groups (broad SMARTS) is 1. The maximum absolute atomic E-state index is 11.7. The quantitative estimate of drug-likeness (QED) is 0.920. The summed E-state index contributed by atoms with van der Waals surface area (Å²) >= 11 is 3.36. The van der Waals surface area contributed by atoms with E-state index in [4.69, 9.17) is 5.11 Å². The average molecular weight is 323 g/mol. The van der Waals surface area contributed by atoms with E-state index in [1.807, 2.05) is 25.1 Å². The fourth-order valence-electron chi connectivity index (χ4n) is 1.75. The normalized spacial score (nSPS) is 10.5. The van der Waals surface area contributed by atoms with Crippen molar-refractivity contribution in [3.63, 3.8) is 0 Å². The van der Waals surface area contributed by atoms with Crippen molar-refractivity contribution in [2.24, 2.45) is 0 Å². The minimum atomic E-state index is -1.32. The van der Waals surface area contributed by atoms with Gasteiger partial charge in [0.05, 0.1) is 5.69 Å². The molecule has 2 aromatic rings. The fraction of sp³-hybridized carbons (Fsp3) is 0.154. The van der Waals surface area contributed by atoms with Crippen molar-refractivity contribution in [3.8, 4) is 5.69 Å². The van der Waals surface area contributed by atoms with Crippen molar-refractivity contribution in [1.82, 2.24) is 9.78 Å². The first-order valence-electron chi connectivity index (χ1n) is 5.50. The molecule has 0 spiro atoms. The van der Waals surface area contributed by atoms with Gasteiger partial charge in [-0.25, -0.2) is 9.48 Å². The van der Waals surface area contributed by atoms with E-state index in [-0.39, 0.29) is 0 Å². The van der Waals surface area contributed by atoms with Gasteiger partial charge in [-0.05, 0) is 37.6 Å². The minimum absolute atomic E-state index is 0.342. The van der Waals surface area contributed by atoms with Gasteiger partial charge in [0.1, 0.15) is 0 Å². The zero-order valence-corrected chi connectivity index (χ0v) is 11.9. The molecule has 0 atom stereocenters. The first kappa shape index (κ1) is 13.5. The maximum Gasteiger partial charge on any atom is 0.360 e. The van der Waals surface area contributed by atoms with E-state index < -0.39 is 17.1 Å². The molecular weight excluding hydrogens is 312 g/mol. The third-order valence-corrected chi connectivity index (χ3v) is 3.20. The number of aromatic nitrogens is 2. The van der Waals surface area contributed by atoms with Crippen LogP contribution in [0.25, 0.3) is 5.69 Å². The number of hydrogen-bond donors (Lipinski definition) is 1.